The molecule has 1 saturated heterocycles. The van der Waals surface area contributed by atoms with Crippen LogP contribution in [0.5, 0.6) is 0 Å². The summed E-state index contributed by atoms with van der Waals surface area (Å²) in [5, 5.41) is 0. The second-order valence-corrected chi connectivity index (χ2v) is 11.4. The Kier molecular flexibility index (Phi) is 13.8. The van der Waals surface area contributed by atoms with Crippen LogP contribution in [-0.4, -0.2) is 49.7 Å². The molecule has 1 heterocycles. The molecule has 4 aromatic carbocycles. The summed E-state index contributed by atoms with van der Waals surface area (Å²) in [6, 6.07) is 40.2. The number of ether oxygens (including phenoxy) is 6. The molecule has 47 heavy (non-hydrogen) atoms. The Hall–Kier alpha value is -4.11. The van der Waals surface area contributed by atoms with Gasteiger partial charge in [0.25, 0.3) is 0 Å². The molecule has 0 radical (unpaired) electrons. The molecule has 0 aliphatic carbocycles. The second kappa shape index (κ2) is 18.9. The van der Waals surface area contributed by atoms with Crippen LogP contribution < -0.4 is 0 Å². The largest absolute Gasteiger partial charge is 0.463 e. The van der Waals surface area contributed by atoms with Gasteiger partial charge in [0, 0.05) is 6.08 Å². The van der Waals surface area contributed by atoms with Gasteiger partial charge in [0.15, 0.2) is 0 Å². The Labute approximate surface area is 278 Å². The highest BCUT2D eigenvalue weighted by atomic mass is 16.6. The van der Waals surface area contributed by atoms with Gasteiger partial charge in [0.1, 0.15) is 24.4 Å². The molecule has 1 fully saturated rings. The maximum Gasteiger partial charge on any atom is 0.330 e. The van der Waals surface area contributed by atoms with Crippen LogP contribution in [0.15, 0.2) is 133 Å². The van der Waals surface area contributed by atoms with E-state index >= 15 is 0 Å². The molecule has 4 aromatic rings. The molecule has 0 unspecified atom stereocenters. The zero-order valence-electron chi connectivity index (χ0n) is 26.9. The van der Waals surface area contributed by atoms with Gasteiger partial charge in [-0.15, -0.1) is 0 Å². The first-order chi connectivity index (χ1) is 23.2. The van der Waals surface area contributed by atoms with Crippen LogP contribution >= 0.6 is 0 Å². The second-order valence-electron chi connectivity index (χ2n) is 11.4. The van der Waals surface area contributed by atoms with Crippen LogP contribution in [-0.2, 0) is 59.6 Å². The first kappa shape index (κ1) is 34.2. The van der Waals surface area contributed by atoms with E-state index < -0.39 is 36.5 Å². The lowest BCUT2D eigenvalue weighted by Gasteiger charge is -2.46. The number of hydrogen-bond acceptors (Lipinski definition) is 7. The Balaban J connectivity index is 1.44. The van der Waals surface area contributed by atoms with Crippen molar-refractivity contribution >= 4 is 5.97 Å². The van der Waals surface area contributed by atoms with Gasteiger partial charge < -0.3 is 28.4 Å². The number of hydrogen-bond donors (Lipinski definition) is 0. The Morgan fingerprint density at radius 2 is 1.02 bits per heavy atom. The van der Waals surface area contributed by atoms with Gasteiger partial charge in [-0.3, -0.25) is 0 Å². The van der Waals surface area contributed by atoms with Gasteiger partial charge in [0.05, 0.1) is 45.7 Å². The zero-order chi connectivity index (χ0) is 32.5. The fourth-order valence-electron chi connectivity index (χ4n) is 5.56. The van der Waals surface area contributed by atoms with Gasteiger partial charge in [-0.1, -0.05) is 127 Å². The van der Waals surface area contributed by atoms with Crippen LogP contribution in [0, 0.1) is 0 Å². The van der Waals surface area contributed by atoms with E-state index in [1.54, 1.807) is 13.0 Å². The molecule has 7 nitrogen and oxygen atoms in total. The molecule has 0 saturated carbocycles. The third-order valence-corrected chi connectivity index (χ3v) is 7.89. The predicted molar refractivity (Wildman–Crippen MR) is 180 cm³/mol. The minimum absolute atomic E-state index is 0.281. The number of esters is 1. The predicted octanol–water partition coefficient (Wildman–Crippen LogP) is 7.24. The van der Waals surface area contributed by atoms with Crippen molar-refractivity contribution in [1.82, 2.24) is 0 Å². The lowest BCUT2D eigenvalue weighted by atomic mass is 9.92. The highest BCUT2D eigenvalue weighted by Gasteiger charge is 2.48. The summed E-state index contributed by atoms with van der Waals surface area (Å²) >= 11 is 0. The highest BCUT2D eigenvalue weighted by Crippen LogP contribution is 2.32. The minimum Gasteiger partial charge on any atom is -0.463 e. The van der Waals surface area contributed by atoms with E-state index in [9.17, 15) is 4.79 Å². The molecule has 5 rings (SSSR count). The summed E-state index contributed by atoms with van der Waals surface area (Å²) < 4.78 is 38.3. The van der Waals surface area contributed by atoms with Gasteiger partial charge >= 0.3 is 5.97 Å². The smallest absolute Gasteiger partial charge is 0.330 e. The summed E-state index contributed by atoms with van der Waals surface area (Å²) in [6.07, 6.45) is 1.17. The van der Waals surface area contributed by atoms with Crippen LogP contribution in [0.3, 0.4) is 0 Å². The number of carbonyl (C=O) groups is 1. The quantitative estimate of drug-likeness (QED) is 0.0894. The Morgan fingerprint density at radius 3 is 1.49 bits per heavy atom. The average Bonchev–Trinajstić information content (AvgIpc) is 3.11. The molecule has 0 N–H and O–H groups in total. The summed E-state index contributed by atoms with van der Waals surface area (Å²) in [4.78, 5) is 12.2. The van der Waals surface area contributed by atoms with Crippen molar-refractivity contribution < 1.29 is 33.2 Å². The molecule has 0 amide bonds. The molecule has 246 valence electrons. The van der Waals surface area contributed by atoms with E-state index in [1.165, 1.54) is 6.08 Å². The van der Waals surface area contributed by atoms with Crippen molar-refractivity contribution in [2.24, 2.45) is 0 Å². The number of rotatable bonds is 17. The fraction of sp³-hybridized carbons (Fsp3) is 0.325. The van der Waals surface area contributed by atoms with Crippen molar-refractivity contribution in [2.75, 3.05) is 13.2 Å². The van der Waals surface area contributed by atoms with Crippen molar-refractivity contribution in [1.29, 1.82) is 0 Å². The maximum absolute atomic E-state index is 12.2. The minimum atomic E-state index is -0.517. The summed E-state index contributed by atoms with van der Waals surface area (Å²) in [6.45, 7) is 3.90. The van der Waals surface area contributed by atoms with Gasteiger partial charge in [-0.2, -0.15) is 0 Å². The monoisotopic (exact) mass is 636 g/mol. The third kappa shape index (κ3) is 11.0. The van der Waals surface area contributed by atoms with Crippen LogP contribution in [0.4, 0.5) is 0 Å². The summed E-state index contributed by atoms with van der Waals surface area (Å²) in [5.41, 5.74) is 4.18. The molecular formula is C40H44O7. The lowest BCUT2D eigenvalue weighted by molar-refractivity contribution is -0.271. The van der Waals surface area contributed by atoms with Crippen molar-refractivity contribution in [3.63, 3.8) is 0 Å². The molecule has 1 aliphatic heterocycles. The molecule has 5 atom stereocenters. The van der Waals surface area contributed by atoms with Crippen molar-refractivity contribution in [3.05, 3.63) is 156 Å². The SMILES string of the molecule is CCOC(=O)/C=C/C[C@H]1O[C@H](COCc2ccccc2)[C@H](OCc2ccccc2)[C@H](OCc2ccccc2)[C@H]1OCc1ccccc1. The van der Waals surface area contributed by atoms with E-state index in [0.29, 0.717) is 39.5 Å². The van der Waals surface area contributed by atoms with E-state index in [2.05, 4.69) is 0 Å². The number of benzene rings is 4. The van der Waals surface area contributed by atoms with Gasteiger partial charge in [-0.25, -0.2) is 4.79 Å². The molecule has 1 aliphatic rings. The first-order valence-corrected chi connectivity index (χ1v) is 16.3. The lowest BCUT2D eigenvalue weighted by Crippen LogP contribution is -2.61. The molecule has 0 bridgehead atoms. The van der Waals surface area contributed by atoms with Crippen molar-refractivity contribution in [3.8, 4) is 0 Å². The van der Waals surface area contributed by atoms with E-state index in [0.717, 1.165) is 22.3 Å². The summed E-state index contributed by atoms with van der Waals surface area (Å²) in [5.74, 6) is -0.395. The standard InChI is InChI=1S/C40H44O7/c1-2-43-37(41)25-15-24-35-38(44-27-32-18-9-4-10-19-32)40(46-29-34-22-13-6-14-23-34)39(45-28-33-20-11-5-12-21-33)36(47-35)30-42-26-31-16-7-3-8-17-31/h3-23,25,35-36,38-40H,2,24,26-30H2,1H3/b25-15+/t35-,36-,38+,39+,40-/m1/s1. The van der Waals surface area contributed by atoms with E-state index in [-0.39, 0.29) is 6.61 Å². The first-order valence-electron chi connectivity index (χ1n) is 16.3. The van der Waals surface area contributed by atoms with Crippen LogP contribution in [0.1, 0.15) is 35.6 Å². The van der Waals surface area contributed by atoms with E-state index in [4.69, 9.17) is 28.4 Å². The highest BCUT2D eigenvalue weighted by molar-refractivity contribution is 5.81. The molecular weight excluding hydrogens is 592 g/mol. The van der Waals surface area contributed by atoms with E-state index in [1.807, 2.05) is 121 Å². The van der Waals surface area contributed by atoms with Crippen molar-refractivity contribution in [2.45, 2.75) is 70.3 Å². The Bertz CT molecular complexity index is 1460. The molecule has 0 spiro atoms. The van der Waals surface area contributed by atoms with Crippen LogP contribution in [0.2, 0.25) is 0 Å². The maximum atomic E-state index is 12.2. The van der Waals surface area contributed by atoms with Gasteiger partial charge in [-0.05, 0) is 35.6 Å². The average molecular weight is 637 g/mol. The molecule has 0 aromatic heterocycles. The summed E-state index contributed by atoms with van der Waals surface area (Å²) in [7, 11) is 0. The topological polar surface area (TPSA) is 72.5 Å². The van der Waals surface area contributed by atoms with Gasteiger partial charge in [0.2, 0.25) is 0 Å². The zero-order valence-corrected chi connectivity index (χ0v) is 26.9. The normalized spacial score (nSPS) is 21.1. The van der Waals surface area contributed by atoms with Crippen LogP contribution in [0.25, 0.3) is 0 Å². The molecule has 7 heteroatoms. The Morgan fingerprint density at radius 1 is 0.596 bits per heavy atom. The number of carbonyl (C=O) groups excluding carboxylic acids is 1. The fourth-order valence-corrected chi connectivity index (χ4v) is 5.56. The third-order valence-electron chi connectivity index (χ3n) is 7.89.